The van der Waals surface area contributed by atoms with Gasteiger partial charge in [0.05, 0.1) is 18.0 Å². The smallest absolute Gasteiger partial charge is 0.414 e. The van der Waals surface area contributed by atoms with Crippen LogP contribution in [0, 0.1) is 0 Å². The Morgan fingerprint density at radius 1 is 0.947 bits per heavy atom. The third kappa shape index (κ3) is 8.79. The van der Waals surface area contributed by atoms with E-state index in [4.69, 9.17) is 20.3 Å². The number of hydrogen-bond donors (Lipinski definition) is 4. The summed E-state index contributed by atoms with van der Waals surface area (Å²) in [6.07, 6.45) is 3.00. The highest BCUT2D eigenvalue weighted by molar-refractivity contribution is 6.03. The number of anilines is 2. The van der Waals surface area contributed by atoms with Crippen molar-refractivity contribution in [3.8, 4) is 5.75 Å². The lowest BCUT2D eigenvalue weighted by Gasteiger charge is -2.21. The van der Waals surface area contributed by atoms with Crippen LogP contribution in [0.25, 0.3) is 0 Å². The normalized spacial score (nSPS) is 11.5. The Balaban J connectivity index is 1.62. The highest BCUT2D eigenvalue weighted by Crippen LogP contribution is 2.31. The van der Waals surface area contributed by atoms with Crippen molar-refractivity contribution in [2.45, 2.75) is 25.4 Å². The predicted octanol–water partition coefficient (Wildman–Crippen LogP) is 4.61. The Morgan fingerprint density at radius 3 is 2.42 bits per heavy atom. The molecule has 0 unspecified atom stereocenters. The highest BCUT2D eigenvalue weighted by atomic mass is 16.6. The second kappa shape index (κ2) is 14.8. The van der Waals surface area contributed by atoms with E-state index in [9.17, 15) is 14.4 Å². The molecule has 0 aromatic heterocycles. The van der Waals surface area contributed by atoms with Crippen molar-refractivity contribution in [2.24, 2.45) is 0 Å². The average Bonchev–Trinajstić information content (AvgIpc) is 2.93. The van der Waals surface area contributed by atoms with Crippen LogP contribution < -0.4 is 21.1 Å². The molecule has 1 atom stereocenters. The largest absolute Gasteiger partial charge is 0.491 e. The minimum atomic E-state index is -0.892. The molecule has 0 fully saturated rings. The van der Waals surface area contributed by atoms with Gasteiger partial charge in [-0.3, -0.25) is 14.9 Å². The van der Waals surface area contributed by atoms with Crippen molar-refractivity contribution in [2.75, 3.05) is 24.3 Å². The van der Waals surface area contributed by atoms with Crippen LogP contribution in [0.4, 0.5) is 16.2 Å². The average molecular weight is 518 g/mol. The molecule has 3 aromatic rings. The summed E-state index contributed by atoms with van der Waals surface area (Å²) in [4.78, 5) is 37.2. The van der Waals surface area contributed by atoms with Crippen molar-refractivity contribution >= 4 is 29.3 Å². The van der Waals surface area contributed by atoms with Crippen LogP contribution in [-0.2, 0) is 9.53 Å². The molecule has 0 saturated carbocycles. The number of para-hydroxylation sites is 3. The molecule has 9 heteroatoms. The summed E-state index contributed by atoms with van der Waals surface area (Å²) in [5.74, 6) is -0.423. The summed E-state index contributed by atoms with van der Waals surface area (Å²) in [5.41, 5.74) is 7.78. The number of unbranched alkanes of at least 4 members (excludes halogenated alkanes) is 1. The van der Waals surface area contributed by atoms with Gasteiger partial charge in [-0.15, -0.1) is 0 Å². The summed E-state index contributed by atoms with van der Waals surface area (Å²) in [6, 6.07) is 22.3. The van der Waals surface area contributed by atoms with E-state index in [0.717, 1.165) is 0 Å². The SMILES string of the molecule is Nc1ccccc1NC(=O)/C=C/CCC[C@H](OC(=O)NC(=O)c1ccccc1)c1ccccc1OCCO. The van der Waals surface area contributed by atoms with Gasteiger partial charge < -0.3 is 25.6 Å². The van der Waals surface area contributed by atoms with Crippen molar-refractivity contribution in [1.82, 2.24) is 5.32 Å². The van der Waals surface area contributed by atoms with Crippen LogP contribution in [-0.4, -0.2) is 36.2 Å². The lowest BCUT2D eigenvalue weighted by atomic mass is 10.0. The van der Waals surface area contributed by atoms with E-state index < -0.39 is 18.1 Å². The van der Waals surface area contributed by atoms with Crippen LogP contribution in [0.1, 0.15) is 41.3 Å². The Kier molecular flexibility index (Phi) is 10.9. The van der Waals surface area contributed by atoms with Gasteiger partial charge in [0.2, 0.25) is 5.91 Å². The summed E-state index contributed by atoms with van der Waals surface area (Å²) in [7, 11) is 0. The number of alkyl carbamates (subject to hydrolysis) is 1. The number of ether oxygens (including phenoxy) is 2. The zero-order chi connectivity index (χ0) is 27.2. The first-order valence-electron chi connectivity index (χ1n) is 12.2. The number of carbonyl (C=O) groups is 3. The van der Waals surface area contributed by atoms with Crippen LogP contribution in [0.15, 0.2) is 91.0 Å². The zero-order valence-corrected chi connectivity index (χ0v) is 20.8. The number of aliphatic hydroxyl groups excluding tert-OH is 1. The van der Waals surface area contributed by atoms with Gasteiger partial charge in [0.25, 0.3) is 5.91 Å². The van der Waals surface area contributed by atoms with Crippen LogP contribution in [0.5, 0.6) is 5.75 Å². The highest BCUT2D eigenvalue weighted by Gasteiger charge is 2.22. The molecule has 3 aromatic carbocycles. The maximum Gasteiger partial charge on any atom is 0.414 e. The Morgan fingerprint density at radius 2 is 1.66 bits per heavy atom. The molecule has 38 heavy (non-hydrogen) atoms. The van der Waals surface area contributed by atoms with Gasteiger partial charge >= 0.3 is 6.09 Å². The van der Waals surface area contributed by atoms with E-state index >= 15 is 0 Å². The number of nitrogens with one attached hydrogen (secondary N) is 2. The zero-order valence-electron chi connectivity index (χ0n) is 20.8. The molecule has 0 aliphatic carbocycles. The number of aliphatic hydroxyl groups is 1. The van der Waals surface area contributed by atoms with Crippen LogP contribution in [0.3, 0.4) is 0 Å². The molecule has 3 rings (SSSR count). The number of amides is 3. The molecule has 0 radical (unpaired) electrons. The van der Waals surface area contributed by atoms with E-state index in [0.29, 0.717) is 47.5 Å². The fourth-order valence-electron chi connectivity index (χ4n) is 3.62. The molecule has 5 N–H and O–H groups in total. The molecule has 3 amide bonds. The van der Waals surface area contributed by atoms with E-state index in [1.165, 1.54) is 6.08 Å². The number of nitrogen functional groups attached to an aromatic ring is 1. The number of carbonyl (C=O) groups excluding carboxylic acids is 3. The van der Waals surface area contributed by atoms with Crippen molar-refractivity contribution in [3.05, 3.63) is 102 Å². The maximum atomic E-state index is 12.6. The first-order valence-corrected chi connectivity index (χ1v) is 12.2. The number of allylic oxidation sites excluding steroid dienone is 1. The molecular weight excluding hydrogens is 486 g/mol. The van der Waals surface area contributed by atoms with Crippen LogP contribution >= 0.6 is 0 Å². The predicted molar refractivity (Wildman–Crippen MR) is 145 cm³/mol. The van der Waals surface area contributed by atoms with Crippen LogP contribution in [0.2, 0.25) is 0 Å². The molecule has 0 spiro atoms. The Bertz CT molecular complexity index is 1250. The molecule has 0 bridgehead atoms. The number of benzene rings is 3. The standard InChI is InChI=1S/C29H31N3O6/c30-23-14-8-9-15-24(23)31-27(34)18-6-2-5-17-26(22-13-7-10-16-25(22)37-20-19-33)38-29(36)32-28(35)21-11-3-1-4-12-21/h1,3-4,6-16,18,26,33H,2,5,17,19-20,30H2,(H,31,34)(H,32,35,36)/b18-6+/t26-/m0/s1. The topological polar surface area (TPSA) is 140 Å². The summed E-state index contributed by atoms with van der Waals surface area (Å²) in [6.45, 7) is -0.0976. The lowest BCUT2D eigenvalue weighted by Crippen LogP contribution is -2.32. The first-order chi connectivity index (χ1) is 18.5. The van der Waals surface area contributed by atoms with Crippen molar-refractivity contribution < 1.29 is 29.0 Å². The van der Waals surface area contributed by atoms with E-state index in [1.54, 1.807) is 84.9 Å². The maximum absolute atomic E-state index is 12.6. The third-order valence-electron chi connectivity index (χ3n) is 5.44. The summed E-state index contributed by atoms with van der Waals surface area (Å²) < 4.78 is 11.3. The fraction of sp³-hybridized carbons (Fsp3) is 0.207. The number of hydrogen-bond acceptors (Lipinski definition) is 7. The van der Waals surface area contributed by atoms with Gasteiger partial charge in [-0.1, -0.05) is 54.6 Å². The van der Waals surface area contributed by atoms with E-state index in [1.807, 2.05) is 0 Å². The molecule has 9 nitrogen and oxygen atoms in total. The van der Waals surface area contributed by atoms with Gasteiger partial charge in [-0.25, -0.2) is 4.79 Å². The minimum absolute atomic E-state index is 0.0756. The summed E-state index contributed by atoms with van der Waals surface area (Å²) >= 11 is 0. The monoisotopic (exact) mass is 517 g/mol. The third-order valence-corrected chi connectivity index (χ3v) is 5.44. The molecule has 0 aliphatic heterocycles. The first kappa shape index (κ1) is 27.9. The van der Waals surface area contributed by atoms with Gasteiger partial charge in [0, 0.05) is 11.1 Å². The van der Waals surface area contributed by atoms with Gasteiger partial charge in [-0.05, 0) is 55.7 Å². The minimum Gasteiger partial charge on any atom is -0.491 e. The Labute approximate surface area is 221 Å². The number of rotatable bonds is 12. The molecule has 198 valence electrons. The molecule has 0 heterocycles. The second-order valence-corrected chi connectivity index (χ2v) is 8.23. The number of nitrogens with two attached hydrogens (primary N) is 1. The van der Waals surface area contributed by atoms with E-state index in [2.05, 4.69) is 10.6 Å². The molecular formula is C29H31N3O6. The van der Waals surface area contributed by atoms with Gasteiger partial charge in [0.1, 0.15) is 18.5 Å². The van der Waals surface area contributed by atoms with E-state index in [-0.39, 0.29) is 19.1 Å². The quantitative estimate of drug-likeness (QED) is 0.156. The number of imide groups is 1. The molecule has 0 saturated heterocycles. The van der Waals surface area contributed by atoms with Crippen molar-refractivity contribution in [1.29, 1.82) is 0 Å². The lowest BCUT2D eigenvalue weighted by molar-refractivity contribution is -0.111. The van der Waals surface area contributed by atoms with Gasteiger partial charge in [0.15, 0.2) is 0 Å². The molecule has 0 aliphatic rings. The van der Waals surface area contributed by atoms with Gasteiger partial charge in [-0.2, -0.15) is 0 Å². The second-order valence-electron chi connectivity index (χ2n) is 8.23. The Hall–Kier alpha value is -4.63. The fourth-order valence-corrected chi connectivity index (χ4v) is 3.62. The van der Waals surface area contributed by atoms with Crippen molar-refractivity contribution in [3.63, 3.8) is 0 Å². The summed E-state index contributed by atoms with van der Waals surface area (Å²) in [5, 5.41) is 14.1.